The molecule has 1 aliphatic heterocycles. The first-order chi connectivity index (χ1) is 9.12. The maximum atomic E-state index is 12.3. The Morgan fingerprint density at radius 2 is 2.16 bits per heavy atom. The van der Waals surface area contributed by atoms with Crippen LogP contribution in [0.1, 0.15) is 13.3 Å². The summed E-state index contributed by atoms with van der Waals surface area (Å²) in [6, 6.07) is 9.68. The first-order valence-corrected chi connectivity index (χ1v) is 6.76. The number of hydrogen-bond acceptors (Lipinski definition) is 3. The molecular weight excluding hydrogens is 240 g/mol. The maximum Gasteiger partial charge on any atom is 0.229 e. The number of nitrogens with zero attached hydrogens (tertiary/aromatic N) is 1. The standard InChI is InChI=1S/C15H22N2O2/c1-15(8-9-16-12-15)14(18)17(2)10-11-19-13-6-4-3-5-7-13/h3-7,16H,8-12H2,1-2H3. The summed E-state index contributed by atoms with van der Waals surface area (Å²) in [5.41, 5.74) is -0.249. The van der Waals surface area contributed by atoms with Crippen molar-refractivity contribution in [1.82, 2.24) is 10.2 Å². The second-order valence-electron chi connectivity index (χ2n) is 5.38. The topological polar surface area (TPSA) is 41.6 Å². The average Bonchev–Trinajstić information content (AvgIpc) is 2.87. The van der Waals surface area contributed by atoms with E-state index in [9.17, 15) is 4.79 Å². The summed E-state index contributed by atoms with van der Waals surface area (Å²) >= 11 is 0. The van der Waals surface area contributed by atoms with Crippen LogP contribution in [0.25, 0.3) is 0 Å². The summed E-state index contributed by atoms with van der Waals surface area (Å²) in [4.78, 5) is 14.1. The van der Waals surface area contributed by atoms with Crippen molar-refractivity contribution in [2.75, 3.05) is 33.3 Å². The van der Waals surface area contributed by atoms with E-state index in [4.69, 9.17) is 4.74 Å². The third-order valence-electron chi connectivity index (χ3n) is 3.67. The van der Waals surface area contributed by atoms with Crippen LogP contribution in [0, 0.1) is 5.41 Å². The molecule has 0 spiro atoms. The Bertz CT molecular complexity index is 413. The molecule has 0 aromatic heterocycles. The molecule has 1 unspecified atom stereocenters. The summed E-state index contributed by atoms with van der Waals surface area (Å²) in [5.74, 6) is 1.05. The Morgan fingerprint density at radius 1 is 1.42 bits per heavy atom. The first-order valence-electron chi connectivity index (χ1n) is 6.76. The zero-order chi connectivity index (χ0) is 13.7. The molecule has 1 fully saturated rings. The van der Waals surface area contributed by atoms with Crippen molar-refractivity contribution >= 4 is 5.91 Å². The number of amides is 1. The summed E-state index contributed by atoms with van der Waals surface area (Å²) in [7, 11) is 1.85. The lowest BCUT2D eigenvalue weighted by atomic mass is 9.88. The third-order valence-corrected chi connectivity index (χ3v) is 3.67. The smallest absolute Gasteiger partial charge is 0.229 e. The van der Waals surface area contributed by atoms with E-state index in [2.05, 4.69) is 5.32 Å². The minimum atomic E-state index is -0.249. The minimum absolute atomic E-state index is 0.203. The van der Waals surface area contributed by atoms with Gasteiger partial charge in [-0.15, -0.1) is 0 Å². The molecule has 4 heteroatoms. The van der Waals surface area contributed by atoms with E-state index in [1.54, 1.807) is 4.90 Å². The molecule has 1 aliphatic rings. The maximum absolute atomic E-state index is 12.3. The van der Waals surface area contributed by atoms with Gasteiger partial charge in [0.05, 0.1) is 12.0 Å². The van der Waals surface area contributed by atoms with E-state index in [0.29, 0.717) is 13.2 Å². The zero-order valence-corrected chi connectivity index (χ0v) is 11.7. The molecule has 0 radical (unpaired) electrons. The van der Waals surface area contributed by atoms with Crippen LogP contribution in [-0.2, 0) is 4.79 Å². The molecule has 4 nitrogen and oxygen atoms in total. The number of carbonyl (C=O) groups is 1. The van der Waals surface area contributed by atoms with Crippen LogP contribution < -0.4 is 10.1 Å². The highest BCUT2D eigenvalue weighted by Crippen LogP contribution is 2.26. The number of carbonyl (C=O) groups excluding carboxylic acids is 1. The van der Waals surface area contributed by atoms with Crippen LogP contribution in [0.2, 0.25) is 0 Å². The van der Waals surface area contributed by atoms with E-state index in [1.165, 1.54) is 0 Å². The zero-order valence-electron chi connectivity index (χ0n) is 11.7. The fraction of sp³-hybridized carbons (Fsp3) is 0.533. The highest BCUT2D eigenvalue weighted by molar-refractivity contribution is 5.82. The molecule has 1 saturated heterocycles. The fourth-order valence-corrected chi connectivity index (χ4v) is 2.38. The molecule has 1 aromatic rings. The lowest BCUT2D eigenvalue weighted by Crippen LogP contribution is -2.43. The summed E-state index contributed by atoms with van der Waals surface area (Å²) in [5, 5.41) is 3.25. The van der Waals surface area contributed by atoms with Gasteiger partial charge in [-0.2, -0.15) is 0 Å². The summed E-state index contributed by atoms with van der Waals surface area (Å²) < 4.78 is 5.61. The van der Waals surface area contributed by atoms with Crippen molar-refractivity contribution in [3.63, 3.8) is 0 Å². The Kier molecular flexibility index (Phi) is 4.43. The van der Waals surface area contributed by atoms with Gasteiger partial charge in [-0.1, -0.05) is 18.2 Å². The Labute approximate surface area is 114 Å². The molecule has 1 atom stereocenters. The predicted molar refractivity (Wildman–Crippen MR) is 75.2 cm³/mol. The molecular formula is C15H22N2O2. The normalized spacial score (nSPS) is 22.2. The van der Waals surface area contributed by atoms with Gasteiger partial charge in [0.1, 0.15) is 12.4 Å². The highest BCUT2D eigenvalue weighted by Gasteiger charge is 2.37. The first kappa shape index (κ1) is 13.9. The van der Waals surface area contributed by atoms with Crippen LogP contribution in [0.3, 0.4) is 0 Å². The van der Waals surface area contributed by atoms with Gasteiger partial charge in [-0.3, -0.25) is 4.79 Å². The lowest BCUT2D eigenvalue weighted by molar-refractivity contribution is -0.139. The Morgan fingerprint density at radius 3 is 2.79 bits per heavy atom. The van der Waals surface area contributed by atoms with Crippen molar-refractivity contribution in [1.29, 1.82) is 0 Å². The van der Waals surface area contributed by atoms with E-state index >= 15 is 0 Å². The van der Waals surface area contributed by atoms with Crippen molar-refractivity contribution in [2.45, 2.75) is 13.3 Å². The van der Waals surface area contributed by atoms with Gasteiger partial charge in [0.25, 0.3) is 0 Å². The van der Waals surface area contributed by atoms with Crippen LogP contribution in [0.5, 0.6) is 5.75 Å². The predicted octanol–water partition coefficient (Wildman–Crippen LogP) is 1.52. The van der Waals surface area contributed by atoms with E-state index in [0.717, 1.165) is 25.3 Å². The van der Waals surface area contributed by atoms with Gasteiger partial charge < -0.3 is 15.0 Å². The summed E-state index contributed by atoms with van der Waals surface area (Å²) in [6.45, 7) is 4.87. The second-order valence-corrected chi connectivity index (χ2v) is 5.38. The lowest BCUT2D eigenvalue weighted by Gasteiger charge is -2.28. The van der Waals surface area contributed by atoms with Gasteiger partial charge >= 0.3 is 0 Å². The number of hydrogen-bond donors (Lipinski definition) is 1. The molecule has 0 saturated carbocycles. The molecule has 104 valence electrons. The SMILES string of the molecule is CN(CCOc1ccccc1)C(=O)C1(C)CCNC1. The largest absolute Gasteiger partial charge is 0.492 e. The highest BCUT2D eigenvalue weighted by atomic mass is 16.5. The third kappa shape index (κ3) is 3.47. The van der Waals surface area contributed by atoms with Crippen LogP contribution in [-0.4, -0.2) is 44.1 Å². The quantitative estimate of drug-likeness (QED) is 0.875. The van der Waals surface area contributed by atoms with Gasteiger partial charge in [0.15, 0.2) is 0 Å². The molecule has 1 heterocycles. The Hall–Kier alpha value is -1.55. The van der Waals surface area contributed by atoms with Crippen molar-refractivity contribution in [3.05, 3.63) is 30.3 Å². The molecule has 19 heavy (non-hydrogen) atoms. The van der Waals surface area contributed by atoms with Crippen LogP contribution >= 0.6 is 0 Å². The molecule has 0 bridgehead atoms. The number of ether oxygens (including phenoxy) is 1. The molecule has 0 aliphatic carbocycles. The molecule has 2 rings (SSSR count). The van der Waals surface area contributed by atoms with Gasteiger partial charge in [-0.05, 0) is 32.0 Å². The van der Waals surface area contributed by atoms with Crippen LogP contribution in [0.4, 0.5) is 0 Å². The number of rotatable bonds is 5. The number of benzene rings is 1. The monoisotopic (exact) mass is 262 g/mol. The van der Waals surface area contributed by atoms with Crippen molar-refractivity contribution in [2.24, 2.45) is 5.41 Å². The van der Waals surface area contributed by atoms with Crippen LogP contribution in [0.15, 0.2) is 30.3 Å². The number of nitrogens with one attached hydrogen (secondary N) is 1. The van der Waals surface area contributed by atoms with E-state index in [-0.39, 0.29) is 11.3 Å². The Balaban J connectivity index is 1.78. The minimum Gasteiger partial charge on any atom is -0.492 e. The van der Waals surface area contributed by atoms with Gasteiger partial charge in [-0.25, -0.2) is 0 Å². The van der Waals surface area contributed by atoms with E-state index < -0.39 is 0 Å². The van der Waals surface area contributed by atoms with Crippen molar-refractivity contribution in [3.8, 4) is 5.75 Å². The van der Waals surface area contributed by atoms with Gasteiger partial charge in [0, 0.05) is 13.6 Å². The van der Waals surface area contributed by atoms with Gasteiger partial charge in [0.2, 0.25) is 5.91 Å². The number of para-hydroxylation sites is 1. The molecule has 1 amide bonds. The number of likely N-dealkylation sites (N-methyl/N-ethyl adjacent to an activating group) is 1. The molecule has 1 N–H and O–H groups in total. The molecule has 1 aromatic carbocycles. The van der Waals surface area contributed by atoms with Crippen molar-refractivity contribution < 1.29 is 9.53 Å². The second kappa shape index (κ2) is 6.06. The average molecular weight is 262 g/mol. The fourth-order valence-electron chi connectivity index (χ4n) is 2.38. The summed E-state index contributed by atoms with van der Waals surface area (Å²) in [6.07, 6.45) is 0.912. The van der Waals surface area contributed by atoms with E-state index in [1.807, 2.05) is 44.3 Å².